The van der Waals surface area contributed by atoms with Gasteiger partial charge in [-0.05, 0) is 57.4 Å². The molecule has 140 valence electrons. The highest BCUT2D eigenvalue weighted by molar-refractivity contribution is 5.93. The van der Waals surface area contributed by atoms with Gasteiger partial charge in [-0.25, -0.2) is 4.68 Å². The van der Waals surface area contributed by atoms with Crippen molar-refractivity contribution in [2.45, 2.75) is 52.2 Å². The molecule has 1 saturated heterocycles. The number of carbonyl (C=O) groups is 1. The van der Waals surface area contributed by atoms with Crippen molar-refractivity contribution in [3.8, 4) is 11.4 Å². The number of ether oxygens (including phenoxy) is 1. The van der Waals surface area contributed by atoms with Gasteiger partial charge in [0.1, 0.15) is 5.75 Å². The third-order valence-corrected chi connectivity index (χ3v) is 4.50. The summed E-state index contributed by atoms with van der Waals surface area (Å²) in [7, 11) is 0. The highest BCUT2D eigenvalue weighted by Gasteiger charge is 2.27. The molecule has 7 heteroatoms. The average Bonchev–Trinajstić information content (AvgIpc) is 3.05. The molecule has 1 atom stereocenters. The van der Waals surface area contributed by atoms with Gasteiger partial charge in [0.15, 0.2) is 5.69 Å². The zero-order chi connectivity index (χ0) is 18.7. The van der Waals surface area contributed by atoms with Crippen molar-refractivity contribution in [1.29, 1.82) is 0 Å². The number of hydrogen-bond donors (Lipinski definition) is 1. The maximum atomic E-state index is 12.9. The topological polar surface area (TPSA) is 86.3 Å². The lowest BCUT2D eigenvalue weighted by Gasteiger charge is -2.30. The summed E-state index contributed by atoms with van der Waals surface area (Å²) in [4.78, 5) is 14.7. The molecule has 1 aliphatic heterocycles. The molecule has 0 bridgehead atoms. The molecule has 2 N–H and O–H groups in total. The van der Waals surface area contributed by atoms with Crippen molar-refractivity contribution in [1.82, 2.24) is 19.9 Å². The number of nitrogens with zero attached hydrogens (tertiary/aromatic N) is 4. The minimum Gasteiger partial charge on any atom is -0.491 e. The molecule has 1 amide bonds. The Morgan fingerprint density at radius 3 is 2.69 bits per heavy atom. The number of aromatic nitrogens is 3. The van der Waals surface area contributed by atoms with Gasteiger partial charge in [-0.2, -0.15) is 0 Å². The first-order valence-corrected chi connectivity index (χ1v) is 9.26. The summed E-state index contributed by atoms with van der Waals surface area (Å²) < 4.78 is 7.41. The molecule has 0 spiro atoms. The van der Waals surface area contributed by atoms with Crippen LogP contribution in [0.1, 0.15) is 49.8 Å². The van der Waals surface area contributed by atoms with Gasteiger partial charge in [-0.15, -0.1) is 5.10 Å². The number of likely N-dealkylation sites (tertiary alicyclic amines) is 1. The Morgan fingerprint density at radius 2 is 2.08 bits per heavy atom. The third kappa shape index (κ3) is 3.88. The number of nitrogens with two attached hydrogens (primary N) is 1. The van der Waals surface area contributed by atoms with E-state index in [4.69, 9.17) is 10.5 Å². The smallest absolute Gasteiger partial charge is 0.276 e. The molecule has 2 heterocycles. The van der Waals surface area contributed by atoms with Crippen LogP contribution in [0, 0.1) is 0 Å². The zero-order valence-electron chi connectivity index (χ0n) is 15.7. The highest BCUT2D eigenvalue weighted by Crippen LogP contribution is 2.20. The fourth-order valence-corrected chi connectivity index (χ4v) is 3.27. The predicted octanol–water partition coefficient (Wildman–Crippen LogP) is 2.18. The van der Waals surface area contributed by atoms with Gasteiger partial charge in [-0.3, -0.25) is 4.79 Å². The number of piperidine rings is 1. The molecule has 7 nitrogen and oxygen atoms in total. The average molecular weight is 357 g/mol. The van der Waals surface area contributed by atoms with E-state index in [0.717, 1.165) is 36.5 Å². The van der Waals surface area contributed by atoms with E-state index < -0.39 is 0 Å². The minimum atomic E-state index is -0.0805. The number of amides is 1. The molecule has 1 unspecified atom stereocenters. The van der Waals surface area contributed by atoms with Crippen LogP contribution in [-0.4, -0.2) is 51.0 Å². The molecule has 1 aliphatic rings. The van der Waals surface area contributed by atoms with Gasteiger partial charge in [0.2, 0.25) is 0 Å². The van der Waals surface area contributed by atoms with Gasteiger partial charge >= 0.3 is 0 Å². The monoisotopic (exact) mass is 357 g/mol. The van der Waals surface area contributed by atoms with Gasteiger partial charge < -0.3 is 15.4 Å². The summed E-state index contributed by atoms with van der Waals surface area (Å²) in [6, 6.07) is 7.71. The molecule has 1 aromatic carbocycles. The lowest BCUT2D eigenvalue weighted by molar-refractivity contribution is 0.0701. The predicted molar refractivity (Wildman–Crippen MR) is 99.6 cm³/mol. The molecular weight excluding hydrogens is 330 g/mol. The third-order valence-electron chi connectivity index (χ3n) is 4.50. The quantitative estimate of drug-likeness (QED) is 0.886. The fourth-order valence-electron chi connectivity index (χ4n) is 3.27. The zero-order valence-corrected chi connectivity index (χ0v) is 15.7. The minimum absolute atomic E-state index is 0.0429. The Hall–Kier alpha value is -2.41. The maximum Gasteiger partial charge on any atom is 0.276 e. The van der Waals surface area contributed by atoms with E-state index in [0.29, 0.717) is 18.7 Å². The normalized spacial score (nSPS) is 17.6. The van der Waals surface area contributed by atoms with Crippen molar-refractivity contribution >= 4 is 5.91 Å². The van der Waals surface area contributed by atoms with Crippen LogP contribution in [0.4, 0.5) is 0 Å². The van der Waals surface area contributed by atoms with Crippen LogP contribution in [-0.2, 0) is 6.42 Å². The molecule has 0 radical (unpaired) electrons. The number of carbonyl (C=O) groups excluding carboxylic acids is 1. The second-order valence-corrected chi connectivity index (χ2v) is 6.96. The van der Waals surface area contributed by atoms with Crippen molar-refractivity contribution < 1.29 is 9.53 Å². The van der Waals surface area contributed by atoms with Crippen molar-refractivity contribution in [2.24, 2.45) is 5.73 Å². The van der Waals surface area contributed by atoms with Gasteiger partial charge in [0, 0.05) is 19.1 Å². The fraction of sp³-hybridized carbons (Fsp3) is 0.526. The first-order valence-electron chi connectivity index (χ1n) is 9.26. The first kappa shape index (κ1) is 18.4. The Labute approximate surface area is 154 Å². The molecular formula is C19H27N5O2. The Kier molecular flexibility index (Phi) is 5.56. The maximum absolute atomic E-state index is 12.9. The van der Waals surface area contributed by atoms with E-state index in [1.807, 2.05) is 45.0 Å². The summed E-state index contributed by atoms with van der Waals surface area (Å²) >= 11 is 0. The van der Waals surface area contributed by atoms with Crippen LogP contribution >= 0.6 is 0 Å². The van der Waals surface area contributed by atoms with E-state index in [9.17, 15) is 4.79 Å². The summed E-state index contributed by atoms with van der Waals surface area (Å²) in [6.45, 7) is 7.29. The van der Waals surface area contributed by atoms with Crippen LogP contribution in [0.25, 0.3) is 5.69 Å². The molecule has 0 aliphatic carbocycles. The SMILES string of the molecule is CCc1c(C(=O)N2CCCC(N)C2)nnn1-c1ccc(OC(C)C)cc1. The van der Waals surface area contributed by atoms with Crippen LogP contribution in [0.2, 0.25) is 0 Å². The largest absolute Gasteiger partial charge is 0.491 e. The second kappa shape index (κ2) is 7.86. The van der Waals surface area contributed by atoms with Gasteiger partial charge in [-0.1, -0.05) is 12.1 Å². The van der Waals surface area contributed by atoms with Crippen LogP contribution in [0.5, 0.6) is 5.75 Å². The Bertz CT molecular complexity index is 754. The van der Waals surface area contributed by atoms with E-state index in [2.05, 4.69) is 10.3 Å². The molecule has 0 saturated carbocycles. The standard InChI is InChI=1S/C19H27N5O2/c1-4-17-18(19(25)23-11-5-6-14(20)12-23)21-22-24(17)15-7-9-16(10-8-15)26-13(2)3/h7-10,13-14H,4-6,11-12,20H2,1-3H3. The number of rotatable bonds is 5. The molecule has 1 aromatic heterocycles. The van der Waals surface area contributed by atoms with E-state index in [-0.39, 0.29) is 18.1 Å². The van der Waals surface area contributed by atoms with Crippen molar-refractivity contribution in [3.05, 3.63) is 35.7 Å². The number of hydrogen-bond acceptors (Lipinski definition) is 5. The molecule has 3 rings (SSSR count). The van der Waals surface area contributed by atoms with Crippen molar-refractivity contribution in [2.75, 3.05) is 13.1 Å². The Morgan fingerprint density at radius 1 is 1.35 bits per heavy atom. The summed E-state index contributed by atoms with van der Waals surface area (Å²) in [5, 5.41) is 8.41. The van der Waals surface area contributed by atoms with Crippen LogP contribution in [0.3, 0.4) is 0 Å². The highest BCUT2D eigenvalue weighted by atomic mass is 16.5. The molecule has 1 fully saturated rings. The first-order chi connectivity index (χ1) is 12.5. The summed E-state index contributed by atoms with van der Waals surface area (Å²) in [5.41, 5.74) is 8.10. The molecule has 26 heavy (non-hydrogen) atoms. The summed E-state index contributed by atoms with van der Waals surface area (Å²) in [5.74, 6) is 0.725. The summed E-state index contributed by atoms with van der Waals surface area (Å²) in [6.07, 6.45) is 2.68. The van der Waals surface area contributed by atoms with Gasteiger partial charge in [0.25, 0.3) is 5.91 Å². The van der Waals surface area contributed by atoms with Gasteiger partial charge in [0.05, 0.1) is 17.5 Å². The van der Waals surface area contributed by atoms with Crippen molar-refractivity contribution in [3.63, 3.8) is 0 Å². The second-order valence-electron chi connectivity index (χ2n) is 6.96. The van der Waals surface area contributed by atoms with E-state index in [1.54, 1.807) is 9.58 Å². The molecule has 2 aromatic rings. The lowest BCUT2D eigenvalue weighted by Crippen LogP contribution is -2.46. The van der Waals surface area contributed by atoms with E-state index in [1.165, 1.54) is 0 Å². The van der Waals surface area contributed by atoms with Crippen LogP contribution in [0.15, 0.2) is 24.3 Å². The van der Waals surface area contributed by atoms with Crippen LogP contribution < -0.4 is 10.5 Å². The lowest BCUT2D eigenvalue weighted by atomic mass is 10.1. The Balaban J connectivity index is 1.85. The van der Waals surface area contributed by atoms with E-state index >= 15 is 0 Å². The number of benzene rings is 1.